The van der Waals surface area contributed by atoms with Crippen LogP contribution in [0.3, 0.4) is 0 Å². The first-order chi connectivity index (χ1) is 19.3. The Morgan fingerprint density at radius 2 is 1.88 bits per heavy atom. The predicted molar refractivity (Wildman–Crippen MR) is 159 cm³/mol. The van der Waals surface area contributed by atoms with Gasteiger partial charge < -0.3 is 15.0 Å². The van der Waals surface area contributed by atoms with Gasteiger partial charge in [0, 0.05) is 55.1 Å². The molecule has 5 rings (SSSR count). The minimum absolute atomic E-state index is 0.0657. The zero-order chi connectivity index (χ0) is 28.0. The molecule has 2 heterocycles. The van der Waals surface area contributed by atoms with Crippen LogP contribution in [-0.4, -0.2) is 45.4 Å². The summed E-state index contributed by atoms with van der Waals surface area (Å²) in [5.41, 5.74) is 5.67. The van der Waals surface area contributed by atoms with E-state index in [-0.39, 0.29) is 24.1 Å². The van der Waals surface area contributed by atoms with Crippen molar-refractivity contribution >= 4 is 33.1 Å². The number of nitrogens with one attached hydrogen (secondary N) is 1. The van der Waals surface area contributed by atoms with Crippen molar-refractivity contribution in [3.8, 4) is 5.75 Å². The van der Waals surface area contributed by atoms with Gasteiger partial charge in [-0.05, 0) is 59.7 Å². The van der Waals surface area contributed by atoms with E-state index in [1.165, 1.54) is 18.4 Å². The normalized spacial score (nSPS) is 17.6. The number of sulfone groups is 1. The molecule has 1 N–H and O–H groups in total. The topological polar surface area (TPSA) is 83.4 Å². The number of nitrogens with zero attached hydrogens (tertiary/aromatic N) is 3. The molecule has 0 bridgehead atoms. The van der Waals surface area contributed by atoms with Crippen LogP contribution in [0.5, 0.6) is 5.75 Å². The van der Waals surface area contributed by atoms with Crippen LogP contribution in [-0.2, 0) is 23.0 Å². The Kier molecular flexibility index (Phi) is 8.52. The van der Waals surface area contributed by atoms with Crippen LogP contribution in [0.2, 0.25) is 0 Å². The Morgan fingerprint density at radius 1 is 1.07 bits per heavy atom. The molecule has 0 saturated heterocycles. The molecule has 206 valence electrons. The Bertz CT molecular complexity index is 1560. The summed E-state index contributed by atoms with van der Waals surface area (Å²) in [5, 5.41) is 3.17. The van der Waals surface area contributed by atoms with Gasteiger partial charge in [-0.2, -0.15) is 0 Å². The molecule has 0 aliphatic carbocycles. The summed E-state index contributed by atoms with van der Waals surface area (Å²) in [5.74, 6) is 0.600. The Balaban J connectivity index is 1.23. The SMILES string of the molecule is CS(=O)(=O)CCNCc1ccc(N2C=CC3C=NCC(=Nc4ccc(OCc5cccc(F)c5)cc4)C3=C2)cc1. The zero-order valence-corrected chi connectivity index (χ0v) is 23.0. The molecule has 0 saturated carbocycles. The highest BCUT2D eigenvalue weighted by Crippen LogP contribution is 2.29. The quantitative estimate of drug-likeness (QED) is 0.345. The molecule has 0 spiro atoms. The van der Waals surface area contributed by atoms with Crippen molar-refractivity contribution in [1.82, 2.24) is 5.32 Å². The third-order valence-electron chi connectivity index (χ3n) is 6.54. The fourth-order valence-corrected chi connectivity index (χ4v) is 4.93. The third kappa shape index (κ3) is 7.52. The number of allylic oxidation sites excluding steroid dienone is 1. The van der Waals surface area contributed by atoms with E-state index in [9.17, 15) is 12.8 Å². The average molecular weight is 559 g/mol. The molecule has 0 aromatic heterocycles. The molecule has 2 aliphatic rings. The minimum atomic E-state index is -2.97. The number of hydrogen-bond donors (Lipinski definition) is 1. The van der Waals surface area contributed by atoms with E-state index < -0.39 is 9.84 Å². The fraction of sp³-hybridized carbons (Fsp3) is 0.226. The summed E-state index contributed by atoms with van der Waals surface area (Å²) in [6.07, 6.45) is 9.44. The van der Waals surface area contributed by atoms with Gasteiger partial charge in [-0.1, -0.05) is 30.3 Å². The smallest absolute Gasteiger partial charge is 0.148 e. The van der Waals surface area contributed by atoms with Gasteiger partial charge >= 0.3 is 0 Å². The van der Waals surface area contributed by atoms with Crippen LogP contribution >= 0.6 is 0 Å². The maximum atomic E-state index is 13.4. The van der Waals surface area contributed by atoms with Crippen molar-refractivity contribution in [2.45, 2.75) is 13.2 Å². The highest BCUT2D eigenvalue weighted by Gasteiger charge is 2.23. The number of ether oxygens (including phenoxy) is 1. The second kappa shape index (κ2) is 12.4. The van der Waals surface area contributed by atoms with E-state index in [4.69, 9.17) is 9.73 Å². The van der Waals surface area contributed by atoms with Gasteiger partial charge in [0.25, 0.3) is 0 Å². The Morgan fingerprint density at radius 3 is 2.62 bits per heavy atom. The molecule has 0 radical (unpaired) electrons. The number of anilines is 1. The maximum absolute atomic E-state index is 13.4. The Hall–Kier alpha value is -4.08. The monoisotopic (exact) mass is 558 g/mol. The second-order valence-corrected chi connectivity index (χ2v) is 12.1. The molecule has 0 amide bonds. The van der Waals surface area contributed by atoms with Gasteiger partial charge in [-0.3, -0.25) is 9.98 Å². The van der Waals surface area contributed by atoms with Crippen molar-refractivity contribution in [3.05, 3.63) is 114 Å². The lowest BCUT2D eigenvalue weighted by Crippen LogP contribution is -2.27. The van der Waals surface area contributed by atoms with Crippen molar-refractivity contribution < 1.29 is 17.5 Å². The van der Waals surface area contributed by atoms with E-state index in [2.05, 4.69) is 27.5 Å². The molecule has 1 unspecified atom stereocenters. The number of hydrogen-bond acceptors (Lipinski definition) is 7. The first kappa shape index (κ1) is 27.5. The van der Waals surface area contributed by atoms with Crippen LogP contribution in [0.4, 0.5) is 15.8 Å². The number of halogens is 1. The van der Waals surface area contributed by atoms with Crippen LogP contribution in [0.25, 0.3) is 0 Å². The van der Waals surface area contributed by atoms with Crippen LogP contribution in [0, 0.1) is 11.7 Å². The number of rotatable bonds is 10. The lowest BCUT2D eigenvalue weighted by atomic mass is 9.92. The first-order valence-corrected chi connectivity index (χ1v) is 15.1. The molecule has 7 nitrogen and oxygen atoms in total. The summed E-state index contributed by atoms with van der Waals surface area (Å²) in [7, 11) is -2.97. The van der Waals surface area contributed by atoms with E-state index >= 15 is 0 Å². The van der Waals surface area contributed by atoms with E-state index in [0.29, 0.717) is 25.4 Å². The average Bonchev–Trinajstić information content (AvgIpc) is 2.95. The summed E-state index contributed by atoms with van der Waals surface area (Å²) < 4.78 is 41.8. The molecular weight excluding hydrogens is 527 g/mol. The van der Waals surface area contributed by atoms with Gasteiger partial charge in [-0.15, -0.1) is 0 Å². The number of aliphatic imine (C=N–C) groups is 2. The van der Waals surface area contributed by atoms with Gasteiger partial charge in [0.05, 0.1) is 23.7 Å². The lowest BCUT2D eigenvalue weighted by molar-refractivity contribution is 0.305. The van der Waals surface area contributed by atoms with Crippen molar-refractivity contribution in [2.24, 2.45) is 15.9 Å². The van der Waals surface area contributed by atoms with Crippen LogP contribution in [0.1, 0.15) is 11.1 Å². The predicted octanol–water partition coefficient (Wildman–Crippen LogP) is 5.23. The number of fused-ring (bicyclic) bond motifs is 1. The van der Waals surface area contributed by atoms with E-state index in [1.807, 2.05) is 67.0 Å². The molecule has 2 aliphatic heterocycles. The molecule has 1 atom stereocenters. The van der Waals surface area contributed by atoms with Gasteiger partial charge in [0.1, 0.15) is 28.0 Å². The molecule has 0 fully saturated rings. The number of benzene rings is 3. The molecular formula is C31H31FN4O3S. The summed E-state index contributed by atoms with van der Waals surface area (Å²) >= 11 is 0. The van der Waals surface area contributed by atoms with E-state index in [0.717, 1.165) is 33.8 Å². The second-order valence-electron chi connectivity index (χ2n) is 9.79. The van der Waals surface area contributed by atoms with Crippen molar-refractivity contribution in [1.29, 1.82) is 0 Å². The largest absolute Gasteiger partial charge is 0.489 e. The van der Waals surface area contributed by atoms with Crippen molar-refractivity contribution in [2.75, 3.05) is 30.0 Å². The summed E-state index contributed by atoms with van der Waals surface area (Å²) in [4.78, 5) is 11.5. The lowest BCUT2D eigenvalue weighted by Gasteiger charge is -2.28. The zero-order valence-electron chi connectivity index (χ0n) is 22.2. The Labute approximate surface area is 234 Å². The molecule has 40 heavy (non-hydrogen) atoms. The minimum Gasteiger partial charge on any atom is -0.489 e. The fourth-order valence-electron chi connectivity index (χ4n) is 4.41. The van der Waals surface area contributed by atoms with Crippen LogP contribution < -0.4 is 15.0 Å². The standard InChI is InChI=1S/C31H31FN4O3S/c1-40(37,38)16-14-33-18-23-5-9-28(10-6-23)36-15-13-25-19-34-20-31(30(25)21-36)35-27-7-11-29(12-8-27)39-22-24-3-2-4-26(32)17-24/h2-13,15,17,19,21,25,33H,14,16,18,20,22H2,1H3. The highest BCUT2D eigenvalue weighted by molar-refractivity contribution is 7.90. The molecule has 9 heteroatoms. The van der Waals surface area contributed by atoms with Gasteiger partial charge in [0.2, 0.25) is 0 Å². The van der Waals surface area contributed by atoms with Crippen molar-refractivity contribution in [3.63, 3.8) is 0 Å². The van der Waals surface area contributed by atoms with Gasteiger partial charge in [-0.25, -0.2) is 12.8 Å². The van der Waals surface area contributed by atoms with Crippen LogP contribution in [0.15, 0.2) is 107 Å². The molecule has 3 aromatic rings. The molecule has 3 aromatic carbocycles. The third-order valence-corrected chi connectivity index (χ3v) is 7.49. The summed E-state index contributed by atoms with van der Waals surface area (Å²) in [6, 6.07) is 22.1. The first-order valence-electron chi connectivity index (χ1n) is 13.0. The van der Waals surface area contributed by atoms with Gasteiger partial charge in [0.15, 0.2) is 0 Å². The summed E-state index contributed by atoms with van der Waals surface area (Å²) in [6.45, 7) is 1.83. The van der Waals surface area contributed by atoms with E-state index in [1.54, 1.807) is 6.07 Å². The maximum Gasteiger partial charge on any atom is 0.148 e. The highest BCUT2D eigenvalue weighted by atomic mass is 32.2.